The Morgan fingerprint density at radius 2 is 1.95 bits per heavy atom. The summed E-state index contributed by atoms with van der Waals surface area (Å²) in [7, 11) is 0. The van der Waals surface area contributed by atoms with Gasteiger partial charge in [0.05, 0.1) is 5.52 Å². The molecule has 2 heterocycles. The first kappa shape index (κ1) is 12.4. The third-order valence-corrected chi connectivity index (χ3v) is 2.90. The van der Waals surface area contributed by atoms with Gasteiger partial charge < -0.3 is 10.5 Å². The van der Waals surface area contributed by atoms with Crippen LogP contribution >= 0.6 is 12.2 Å². The molecule has 0 aliphatic rings. The smallest absolute Gasteiger partial charge is 0.322 e. The van der Waals surface area contributed by atoms with Gasteiger partial charge in [-0.05, 0) is 30.3 Å². The van der Waals surface area contributed by atoms with Crippen molar-refractivity contribution in [3.63, 3.8) is 0 Å². The number of nitrogens with zero attached hydrogens (tertiary/aromatic N) is 3. The Kier molecular flexibility index (Phi) is 3.22. The topological polar surface area (TPSA) is 73.9 Å². The maximum atomic E-state index is 5.71. The second-order valence-corrected chi connectivity index (χ2v) is 4.46. The van der Waals surface area contributed by atoms with Gasteiger partial charge in [0.2, 0.25) is 0 Å². The Morgan fingerprint density at radius 1 is 1.05 bits per heavy atom. The molecule has 6 heteroatoms. The van der Waals surface area contributed by atoms with Crippen LogP contribution in [0.5, 0.6) is 11.8 Å². The van der Waals surface area contributed by atoms with Gasteiger partial charge in [-0.2, -0.15) is 4.98 Å². The van der Waals surface area contributed by atoms with Crippen LogP contribution in [0.15, 0.2) is 48.8 Å². The van der Waals surface area contributed by atoms with Crippen LogP contribution in [0.1, 0.15) is 5.69 Å². The van der Waals surface area contributed by atoms with Gasteiger partial charge in [0.25, 0.3) is 0 Å². The van der Waals surface area contributed by atoms with E-state index in [1.807, 2.05) is 30.3 Å². The van der Waals surface area contributed by atoms with Gasteiger partial charge in [0.15, 0.2) is 0 Å². The molecule has 1 aromatic carbocycles. The lowest BCUT2D eigenvalue weighted by Gasteiger charge is -2.07. The van der Waals surface area contributed by atoms with E-state index in [1.54, 1.807) is 18.5 Å². The summed E-state index contributed by atoms with van der Waals surface area (Å²) in [5.41, 5.74) is 6.86. The van der Waals surface area contributed by atoms with Gasteiger partial charge in [-0.25, -0.2) is 4.98 Å². The van der Waals surface area contributed by atoms with Crippen molar-refractivity contribution < 1.29 is 4.74 Å². The van der Waals surface area contributed by atoms with Crippen LogP contribution in [-0.2, 0) is 0 Å². The first-order valence-corrected chi connectivity index (χ1v) is 6.29. The molecule has 0 bridgehead atoms. The van der Waals surface area contributed by atoms with Crippen molar-refractivity contribution in [1.29, 1.82) is 0 Å². The van der Waals surface area contributed by atoms with Crippen molar-refractivity contribution in [1.82, 2.24) is 15.0 Å². The van der Waals surface area contributed by atoms with Crippen LogP contribution in [0.25, 0.3) is 10.9 Å². The monoisotopic (exact) mass is 282 g/mol. The van der Waals surface area contributed by atoms with E-state index in [0.717, 1.165) is 10.9 Å². The average Bonchev–Trinajstić information content (AvgIpc) is 2.48. The van der Waals surface area contributed by atoms with E-state index < -0.39 is 0 Å². The second kappa shape index (κ2) is 5.18. The summed E-state index contributed by atoms with van der Waals surface area (Å²) >= 11 is 4.89. The van der Waals surface area contributed by atoms with Gasteiger partial charge in [0, 0.05) is 17.8 Å². The van der Waals surface area contributed by atoms with E-state index >= 15 is 0 Å². The number of hydrogen-bond acceptors (Lipinski definition) is 5. The van der Waals surface area contributed by atoms with Crippen molar-refractivity contribution in [3.8, 4) is 11.8 Å². The molecule has 0 unspecified atom stereocenters. The molecule has 3 aromatic rings. The highest BCUT2D eigenvalue weighted by Gasteiger charge is 2.07. The standard InChI is InChI=1S/C14H10N4OS/c15-13(20)11-6-8-17-14(18-11)19-12-5-1-4-10-9(12)3-2-7-16-10/h1-8H,(H2,15,20). The SMILES string of the molecule is NC(=S)c1ccnc(Oc2cccc3ncccc23)n1. The maximum absolute atomic E-state index is 5.71. The zero-order valence-corrected chi connectivity index (χ0v) is 11.2. The van der Waals surface area contributed by atoms with E-state index in [-0.39, 0.29) is 11.0 Å². The number of ether oxygens (including phenoxy) is 1. The fraction of sp³-hybridized carbons (Fsp3) is 0. The molecule has 0 aliphatic carbocycles. The molecular weight excluding hydrogens is 272 g/mol. The molecule has 0 saturated carbocycles. The van der Waals surface area contributed by atoms with E-state index in [9.17, 15) is 0 Å². The van der Waals surface area contributed by atoms with Crippen LogP contribution in [0.2, 0.25) is 0 Å². The van der Waals surface area contributed by atoms with Crippen molar-refractivity contribution in [2.45, 2.75) is 0 Å². The number of aromatic nitrogens is 3. The molecule has 0 amide bonds. The van der Waals surface area contributed by atoms with Crippen molar-refractivity contribution >= 4 is 28.1 Å². The summed E-state index contributed by atoms with van der Waals surface area (Å²) in [5, 5.41) is 0.888. The van der Waals surface area contributed by atoms with Crippen LogP contribution in [0.3, 0.4) is 0 Å². The van der Waals surface area contributed by atoms with Crippen LogP contribution in [0.4, 0.5) is 0 Å². The molecule has 0 aliphatic heterocycles. The molecule has 0 spiro atoms. The molecular formula is C14H10N4OS. The van der Waals surface area contributed by atoms with E-state index in [2.05, 4.69) is 15.0 Å². The van der Waals surface area contributed by atoms with Gasteiger partial charge in [-0.15, -0.1) is 0 Å². The number of pyridine rings is 1. The van der Waals surface area contributed by atoms with E-state index in [0.29, 0.717) is 11.4 Å². The number of benzene rings is 1. The Bertz CT molecular complexity index is 785. The molecule has 0 atom stereocenters. The van der Waals surface area contributed by atoms with Gasteiger partial charge >= 0.3 is 6.01 Å². The van der Waals surface area contributed by atoms with Gasteiger partial charge in [-0.1, -0.05) is 18.3 Å². The van der Waals surface area contributed by atoms with Crippen molar-refractivity contribution in [2.24, 2.45) is 5.73 Å². The Hall–Kier alpha value is -2.60. The van der Waals surface area contributed by atoms with E-state index in [1.165, 1.54) is 0 Å². The molecule has 20 heavy (non-hydrogen) atoms. The third kappa shape index (κ3) is 2.41. The molecule has 0 radical (unpaired) electrons. The largest absolute Gasteiger partial charge is 0.424 e. The summed E-state index contributed by atoms with van der Waals surface area (Å²) in [6, 6.07) is 11.2. The average molecular weight is 282 g/mol. The predicted molar refractivity (Wildman–Crippen MR) is 79.7 cm³/mol. The Balaban J connectivity index is 2.01. The summed E-state index contributed by atoms with van der Waals surface area (Å²) in [4.78, 5) is 12.7. The highest BCUT2D eigenvalue weighted by Crippen LogP contribution is 2.26. The fourth-order valence-electron chi connectivity index (χ4n) is 1.79. The summed E-state index contributed by atoms with van der Waals surface area (Å²) in [6.07, 6.45) is 3.29. The molecule has 0 saturated heterocycles. The normalized spacial score (nSPS) is 10.4. The summed E-state index contributed by atoms with van der Waals surface area (Å²) < 4.78 is 5.71. The van der Waals surface area contributed by atoms with E-state index in [4.69, 9.17) is 22.7 Å². The molecule has 2 aromatic heterocycles. The van der Waals surface area contributed by atoms with Gasteiger partial charge in [-0.3, -0.25) is 4.98 Å². The van der Waals surface area contributed by atoms with Crippen LogP contribution in [-0.4, -0.2) is 19.9 Å². The minimum absolute atomic E-state index is 0.201. The zero-order valence-electron chi connectivity index (χ0n) is 10.4. The van der Waals surface area contributed by atoms with Crippen LogP contribution < -0.4 is 10.5 Å². The molecule has 2 N–H and O–H groups in total. The molecule has 98 valence electrons. The fourth-order valence-corrected chi connectivity index (χ4v) is 1.90. The number of fused-ring (bicyclic) bond motifs is 1. The minimum atomic E-state index is 0.201. The summed E-state index contributed by atoms with van der Waals surface area (Å²) in [6.45, 7) is 0. The molecule has 3 rings (SSSR count). The highest BCUT2D eigenvalue weighted by atomic mass is 32.1. The maximum Gasteiger partial charge on any atom is 0.322 e. The zero-order chi connectivity index (χ0) is 13.9. The first-order valence-electron chi connectivity index (χ1n) is 5.88. The quantitative estimate of drug-likeness (QED) is 0.744. The number of hydrogen-bond donors (Lipinski definition) is 1. The lowest BCUT2D eigenvalue weighted by atomic mass is 10.2. The Morgan fingerprint density at radius 3 is 2.80 bits per heavy atom. The predicted octanol–water partition coefficient (Wildman–Crippen LogP) is 2.45. The Labute approximate surface area is 120 Å². The number of rotatable bonds is 3. The number of thiocarbonyl (C=S) groups is 1. The second-order valence-electron chi connectivity index (χ2n) is 4.02. The lowest BCUT2D eigenvalue weighted by Crippen LogP contribution is -2.12. The highest BCUT2D eigenvalue weighted by molar-refractivity contribution is 7.80. The lowest BCUT2D eigenvalue weighted by molar-refractivity contribution is 0.446. The first-order chi connectivity index (χ1) is 9.74. The minimum Gasteiger partial charge on any atom is -0.424 e. The van der Waals surface area contributed by atoms with Crippen LogP contribution in [0, 0.1) is 0 Å². The molecule has 0 fully saturated rings. The van der Waals surface area contributed by atoms with Crippen molar-refractivity contribution in [2.75, 3.05) is 0 Å². The third-order valence-electron chi connectivity index (χ3n) is 2.69. The van der Waals surface area contributed by atoms with Crippen molar-refractivity contribution in [3.05, 3.63) is 54.5 Å². The number of nitrogens with two attached hydrogens (primary N) is 1. The van der Waals surface area contributed by atoms with Gasteiger partial charge in [0.1, 0.15) is 16.4 Å². The molecule has 5 nitrogen and oxygen atoms in total. The summed E-state index contributed by atoms with van der Waals surface area (Å²) in [5.74, 6) is 0.635.